The normalized spacial score (nSPS) is 15.7. The van der Waals surface area contributed by atoms with Crippen LogP contribution in [0.25, 0.3) is 98.8 Å². The predicted molar refractivity (Wildman–Crippen MR) is 304 cm³/mol. The number of pyridine rings is 3. The highest BCUT2D eigenvalue weighted by Gasteiger charge is 2.39. The Labute approximate surface area is 433 Å². The molecule has 3 aromatic heterocycles. The van der Waals surface area contributed by atoms with Gasteiger partial charge in [-0.2, -0.15) is 0 Å². The van der Waals surface area contributed by atoms with Crippen molar-refractivity contribution in [1.82, 2.24) is 15.0 Å². The minimum atomic E-state index is -0.572. The lowest BCUT2D eigenvalue weighted by Gasteiger charge is -2.33. The third-order valence-corrected chi connectivity index (χ3v) is 15.2. The largest absolute Gasteiger partial charge is 0.326 e. The maximum Gasteiger partial charge on any atom is 0.227 e. The number of rotatable bonds is 10. The number of ketones is 1. The van der Waals surface area contributed by atoms with E-state index in [4.69, 9.17) is 15.0 Å². The number of hydrogen-bond donors (Lipinski definition) is 2. The van der Waals surface area contributed by atoms with E-state index in [9.17, 15) is 14.4 Å². The summed E-state index contributed by atoms with van der Waals surface area (Å²) in [6, 6.07) is 73.2. The molecule has 2 atom stereocenters. The van der Waals surface area contributed by atoms with Gasteiger partial charge in [-0.25, -0.2) is 15.0 Å². The summed E-state index contributed by atoms with van der Waals surface area (Å²) in [5.74, 6) is -2.06. The number of aromatic nitrogens is 3. The molecule has 1 fully saturated rings. The Kier molecular flexibility index (Phi) is 11.7. The van der Waals surface area contributed by atoms with Gasteiger partial charge in [-0.3, -0.25) is 14.4 Å². The van der Waals surface area contributed by atoms with Gasteiger partial charge in [0.15, 0.2) is 0 Å². The Morgan fingerprint density at radius 3 is 1.08 bits per heavy atom. The Balaban J connectivity index is 0.722. The molecule has 0 radical (unpaired) electrons. The first-order valence-electron chi connectivity index (χ1n) is 25.6. The van der Waals surface area contributed by atoms with E-state index < -0.39 is 17.8 Å². The molecule has 1 aliphatic rings. The molecule has 13 rings (SSSR count). The molecule has 1 aliphatic carbocycles. The van der Waals surface area contributed by atoms with Crippen LogP contribution >= 0.6 is 0 Å². The summed E-state index contributed by atoms with van der Waals surface area (Å²) >= 11 is 0. The molecule has 1 saturated carbocycles. The molecule has 2 unspecified atom stereocenters. The summed E-state index contributed by atoms with van der Waals surface area (Å²) in [6.45, 7) is 0. The van der Waals surface area contributed by atoms with E-state index in [-0.39, 0.29) is 24.0 Å². The van der Waals surface area contributed by atoms with Gasteiger partial charge in [0, 0.05) is 68.4 Å². The van der Waals surface area contributed by atoms with Crippen molar-refractivity contribution in [3.63, 3.8) is 0 Å². The highest BCUT2D eigenvalue weighted by molar-refractivity contribution is 6.09. The van der Waals surface area contributed by atoms with Crippen LogP contribution in [-0.2, 0) is 20.8 Å². The number of benzene rings is 9. The number of hydrogen-bond acceptors (Lipinski definition) is 6. The van der Waals surface area contributed by atoms with Crippen LogP contribution in [0.3, 0.4) is 0 Å². The Bertz CT molecular complexity index is 3770. The molecule has 360 valence electrons. The van der Waals surface area contributed by atoms with Gasteiger partial charge in [-0.05, 0) is 118 Å². The van der Waals surface area contributed by atoms with Crippen molar-refractivity contribution in [2.75, 3.05) is 10.6 Å². The smallest absolute Gasteiger partial charge is 0.227 e. The van der Waals surface area contributed by atoms with Gasteiger partial charge in [0.25, 0.3) is 0 Å². The molecule has 0 saturated heterocycles. The fraction of sp³-hybridized carbons (Fsp3) is 0.104. The van der Waals surface area contributed by atoms with E-state index in [2.05, 4.69) is 102 Å². The minimum absolute atomic E-state index is 0.00855. The SMILES string of the molecule is O=C(Cc1ccc(-c2ccc3c(ccc4ccccc43)n2)cc1)C1CC(C(=O)Nc2ccc(-c3ccc4c(ccc5ccccc54)n3)cc2)CC(C(=O)Nc2ccc(-c3ccc4c(ccc5ccccc54)n3)cc2)C1. The van der Waals surface area contributed by atoms with Gasteiger partial charge >= 0.3 is 0 Å². The second kappa shape index (κ2) is 19.2. The van der Waals surface area contributed by atoms with Crippen molar-refractivity contribution in [3.05, 3.63) is 224 Å². The predicted octanol–water partition coefficient (Wildman–Crippen LogP) is 15.2. The number of nitrogens with one attached hydrogen (secondary N) is 2. The molecule has 0 spiro atoms. The standard InChI is InChI=1S/C67H49N5O3/c73-65(37-41-13-15-45(16-14-41)59-34-28-56-53-10-4-1-7-42(53)21-31-62(56)70-59)48-38-49(66(74)68-51-24-17-46(18-25-51)60-35-29-57-54-11-5-2-8-43(54)22-32-63(57)71-60)40-50(39-48)67(75)69-52-26-19-47(20-27-52)61-36-30-58-55-12-6-3-9-44(55)23-33-64(58)72-61/h1-36,48-50H,37-40H2,(H,68,74)(H,69,75). The fourth-order valence-corrected chi connectivity index (χ4v) is 11.2. The monoisotopic (exact) mass is 971 g/mol. The molecule has 0 bridgehead atoms. The van der Waals surface area contributed by atoms with Crippen LogP contribution in [0.5, 0.6) is 0 Å². The first-order chi connectivity index (χ1) is 36.8. The van der Waals surface area contributed by atoms with Crippen molar-refractivity contribution in [2.45, 2.75) is 25.7 Å². The van der Waals surface area contributed by atoms with Crippen LogP contribution in [0.4, 0.5) is 11.4 Å². The molecule has 8 heteroatoms. The quantitative estimate of drug-likeness (QED) is 0.132. The summed E-state index contributed by atoms with van der Waals surface area (Å²) in [4.78, 5) is 57.9. The summed E-state index contributed by atoms with van der Waals surface area (Å²) in [5.41, 5.74) is 10.2. The third kappa shape index (κ3) is 9.01. The first kappa shape index (κ1) is 45.5. The summed E-state index contributed by atoms with van der Waals surface area (Å²) in [6.07, 6.45) is 1.19. The highest BCUT2D eigenvalue weighted by atomic mass is 16.2. The van der Waals surface area contributed by atoms with Crippen molar-refractivity contribution < 1.29 is 14.4 Å². The van der Waals surface area contributed by atoms with Crippen molar-refractivity contribution >= 4 is 94.0 Å². The second-order valence-corrected chi connectivity index (χ2v) is 19.9. The van der Waals surface area contributed by atoms with Crippen molar-refractivity contribution in [2.24, 2.45) is 17.8 Å². The van der Waals surface area contributed by atoms with Crippen molar-refractivity contribution in [3.8, 4) is 33.8 Å². The average molecular weight is 972 g/mol. The van der Waals surface area contributed by atoms with E-state index in [0.29, 0.717) is 30.6 Å². The number of anilines is 2. The van der Waals surface area contributed by atoms with Gasteiger partial charge in [-0.1, -0.05) is 158 Å². The van der Waals surface area contributed by atoms with Crippen LogP contribution in [0.15, 0.2) is 218 Å². The summed E-state index contributed by atoms with van der Waals surface area (Å²) < 4.78 is 0. The lowest BCUT2D eigenvalue weighted by atomic mass is 9.72. The van der Waals surface area contributed by atoms with Gasteiger partial charge in [0.1, 0.15) is 5.78 Å². The third-order valence-electron chi connectivity index (χ3n) is 15.2. The van der Waals surface area contributed by atoms with E-state index in [1.165, 1.54) is 21.5 Å². The number of carbonyl (C=O) groups is 3. The molecule has 12 aromatic rings. The molecule has 0 aliphatic heterocycles. The number of fused-ring (bicyclic) bond motifs is 9. The maximum atomic E-state index is 14.4. The lowest BCUT2D eigenvalue weighted by molar-refractivity contribution is -0.130. The maximum absolute atomic E-state index is 14.4. The van der Waals surface area contributed by atoms with Crippen LogP contribution in [0.2, 0.25) is 0 Å². The molecule has 3 heterocycles. The van der Waals surface area contributed by atoms with Gasteiger partial charge in [0.2, 0.25) is 11.8 Å². The average Bonchev–Trinajstić information content (AvgIpc) is 3.47. The van der Waals surface area contributed by atoms with E-state index in [0.717, 1.165) is 82.8 Å². The Morgan fingerprint density at radius 2 is 0.693 bits per heavy atom. The number of nitrogens with zero attached hydrogens (tertiary/aromatic N) is 3. The molecular formula is C67H49N5O3. The zero-order chi connectivity index (χ0) is 50.4. The number of carbonyl (C=O) groups excluding carboxylic acids is 3. The summed E-state index contributed by atoms with van der Waals surface area (Å²) in [5, 5.41) is 16.6. The Hall–Kier alpha value is -9.40. The molecule has 9 aromatic carbocycles. The van der Waals surface area contributed by atoms with Gasteiger partial charge in [-0.15, -0.1) is 0 Å². The lowest BCUT2D eigenvalue weighted by Crippen LogP contribution is -2.39. The minimum Gasteiger partial charge on any atom is -0.326 e. The van der Waals surface area contributed by atoms with Crippen LogP contribution < -0.4 is 10.6 Å². The zero-order valence-electron chi connectivity index (χ0n) is 40.9. The molecule has 75 heavy (non-hydrogen) atoms. The van der Waals surface area contributed by atoms with Gasteiger partial charge in [0.05, 0.1) is 33.6 Å². The van der Waals surface area contributed by atoms with E-state index in [1.54, 1.807) is 0 Å². The van der Waals surface area contributed by atoms with Gasteiger partial charge < -0.3 is 10.6 Å². The number of amides is 2. The highest BCUT2D eigenvalue weighted by Crippen LogP contribution is 2.38. The van der Waals surface area contributed by atoms with E-state index >= 15 is 0 Å². The molecule has 2 N–H and O–H groups in total. The first-order valence-corrected chi connectivity index (χ1v) is 25.6. The van der Waals surface area contributed by atoms with E-state index in [1.807, 2.05) is 127 Å². The second-order valence-electron chi connectivity index (χ2n) is 19.9. The molecular weight excluding hydrogens is 923 g/mol. The molecule has 8 nitrogen and oxygen atoms in total. The van der Waals surface area contributed by atoms with Crippen LogP contribution in [-0.4, -0.2) is 32.5 Å². The van der Waals surface area contributed by atoms with Crippen molar-refractivity contribution in [1.29, 1.82) is 0 Å². The summed E-state index contributed by atoms with van der Waals surface area (Å²) in [7, 11) is 0. The topological polar surface area (TPSA) is 114 Å². The Morgan fingerprint density at radius 1 is 0.347 bits per heavy atom. The zero-order valence-corrected chi connectivity index (χ0v) is 40.9. The number of Topliss-reactive ketones (excluding diaryl/α,β-unsaturated/α-hetero) is 1. The molecule has 2 amide bonds. The fourth-order valence-electron chi connectivity index (χ4n) is 11.2. The van der Waals surface area contributed by atoms with Crippen LogP contribution in [0.1, 0.15) is 24.8 Å². The van der Waals surface area contributed by atoms with Crippen LogP contribution in [0, 0.1) is 17.8 Å².